The van der Waals surface area contributed by atoms with Crippen molar-refractivity contribution in [2.75, 3.05) is 13.4 Å². The molecule has 3 aromatic rings. The van der Waals surface area contributed by atoms with Crippen LogP contribution in [0.4, 0.5) is 0 Å². The standard InChI is InChI=1S/C23H21NO6/c1-15-10-19(16(2)24(15)12-18-4-3-9-27-18)20(25)13-28-23(26)8-6-17-5-7-21-22(11-17)30-14-29-21/h3-11H,12-14H2,1-2H3. The molecule has 0 aliphatic carbocycles. The molecule has 0 saturated heterocycles. The smallest absolute Gasteiger partial charge is 0.331 e. The van der Waals surface area contributed by atoms with E-state index < -0.39 is 5.97 Å². The third kappa shape index (κ3) is 4.15. The summed E-state index contributed by atoms with van der Waals surface area (Å²) in [5.41, 5.74) is 3.04. The zero-order valence-corrected chi connectivity index (χ0v) is 16.7. The molecule has 0 unspecified atom stereocenters. The van der Waals surface area contributed by atoms with Crippen LogP contribution in [0, 0.1) is 13.8 Å². The van der Waals surface area contributed by atoms with Gasteiger partial charge in [-0.1, -0.05) is 6.07 Å². The maximum absolute atomic E-state index is 12.6. The summed E-state index contributed by atoms with van der Waals surface area (Å²) in [6, 6.07) is 10.9. The Kier molecular flexibility index (Phi) is 5.43. The zero-order chi connectivity index (χ0) is 21.1. The third-order valence-electron chi connectivity index (χ3n) is 4.92. The van der Waals surface area contributed by atoms with Crippen LogP contribution in [-0.2, 0) is 16.1 Å². The highest BCUT2D eigenvalue weighted by Crippen LogP contribution is 2.32. The minimum Gasteiger partial charge on any atom is -0.467 e. The average molecular weight is 407 g/mol. The molecular formula is C23H21NO6. The van der Waals surface area contributed by atoms with Crippen LogP contribution >= 0.6 is 0 Å². The summed E-state index contributed by atoms with van der Waals surface area (Å²) in [7, 11) is 0. The Bertz CT molecular complexity index is 1110. The lowest BCUT2D eigenvalue weighted by Gasteiger charge is -2.08. The summed E-state index contributed by atoms with van der Waals surface area (Å²) in [5, 5.41) is 0. The number of aryl methyl sites for hydroxylation is 1. The van der Waals surface area contributed by atoms with Gasteiger partial charge in [0.2, 0.25) is 12.6 Å². The van der Waals surface area contributed by atoms with Crippen LogP contribution < -0.4 is 9.47 Å². The quantitative estimate of drug-likeness (QED) is 0.336. The highest BCUT2D eigenvalue weighted by molar-refractivity contribution is 6.00. The second kappa shape index (κ2) is 8.32. The molecule has 0 radical (unpaired) electrons. The summed E-state index contributed by atoms with van der Waals surface area (Å²) in [5.74, 6) is 1.26. The van der Waals surface area contributed by atoms with Gasteiger partial charge in [0.25, 0.3) is 0 Å². The number of furan rings is 1. The number of nitrogens with zero attached hydrogens (tertiary/aromatic N) is 1. The van der Waals surface area contributed by atoms with Gasteiger partial charge in [0.1, 0.15) is 5.76 Å². The van der Waals surface area contributed by atoms with Crippen LogP contribution in [0.2, 0.25) is 0 Å². The first-order chi connectivity index (χ1) is 14.5. The van der Waals surface area contributed by atoms with Crippen molar-refractivity contribution in [1.82, 2.24) is 4.57 Å². The monoisotopic (exact) mass is 407 g/mol. The Morgan fingerprint density at radius 3 is 2.77 bits per heavy atom. The SMILES string of the molecule is Cc1cc(C(=O)COC(=O)C=Cc2ccc3c(c2)OCO3)c(C)n1Cc1ccco1. The van der Waals surface area contributed by atoms with Gasteiger partial charge in [-0.25, -0.2) is 4.79 Å². The maximum atomic E-state index is 12.6. The van der Waals surface area contributed by atoms with Crippen molar-refractivity contribution in [3.63, 3.8) is 0 Å². The highest BCUT2D eigenvalue weighted by Gasteiger charge is 2.18. The van der Waals surface area contributed by atoms with Gasteiger partial charge in [0.05, 0.1) is 12.8 Å². The Hall–Kier alpha value is -3.74. The van der Waals surface area contributed by atoms with E-state index in [1.165, 1.54) is 6.08 Å². The number of Topliss-reactive ketones (excluding diaryl/α,β-unsaturated/α-hetero) is 1. The first kappa shape index (κ1) is 19.6. The lowest BCUT2D eigenvalue weighted by Crippen LogP contribution is -2.13. The molecule has 0 saturated carbocycles. The molecule has 30 heavy (non-hydrogen) atoms. The molecule has 1 aliphatic rings. The minimum absolute atomic E-state index is 0.189. The first-order valence-corrected chi connectivity index (χ1v) is 9.48. The van der Waals surface area contributed by atoms with E-state index in [0.29, 0.717) is 23.6 Å². The molecule has 0 N–H and O–H groups in total. The Morgan fingerprint density at radius 1 is 1.13 bits per heavy atom. The number of rotatable bonds is 7. The molecule has 0 bridgehead atoms. The van der Waals surface area contributed by atoms with Crippen molar-refractivity contribution in [1.29, 1.82) is 0 Å². The normalized spacial score (nSPS) is 12.5. The number of ether oxygens (including phenoxy) is 3. The van der Waals surface area contributed by atoms with E-state index in [-0.39, 0.29) is 19.2 Å². The number of aromatic nitrogens is 1. The number of benzene rings is 1. The molecule has 3 heterocycles. The van der Waals surface area contributed by atoms with Crippen LogP contribution in [0.15, 0.2) is 53.2 Å². The number of carbonyl (C=O) groups is 2. The summed E-state index contributed by atoms with van der Waals surface area (Å²) >= 11 is 0. The first-order valence-electron chi connectivity index (χ1n) is 9.48. The van der Waals surface area contributed by atoms with Crippen molar-refractivity contribution in [2.45, 2.75) is 20.4 Å². The maximum Gasteiger partial charge on any atom is 0.331 e. The molecule has 0 fully saturated rings. The van der Waals surface area contributed by atoms with Gasteiger partial charge in [0.15, 0.2) is 18.1 Å². The molecular weight excluding hydrogens is 386 g/mol. The van der Waals surface area contributed by atoms with Crippen molar-refractivity contribution >= 4 is 17.8 Å². The van der Waals surface area contributed by atoms with Gasteiger partial charge in [0, 0.05) is 23.0 Å². The zero-order valence-electron chi connectivity index (χ0n) is 16.7. The average Bonchev–Trinajstić information content (AvgIpc) is 3.47. The second-order valence-electron chi connectivity index (χ2n) is 6.93. The summed E-state index contributed by atoms with van der Waals surface area (Å²) in [6.45, 7) is 4.19. The van der Waals surface area contributed by atoms with Gasteiger partial charge >= 0.3 is 5.97 Å². The van der Waals surface area contributed by atoms with Gasteiger partial charge in [-0.15, -0.1) is 0 Å². The van der Waals surface area contributed by atoms with E-state index in [1.807, 2.05) is 30.5 Å². The minimum atomic E-state index is -0.592. The second-order valence-corrected chi connectivity index (χ2v) is 6.93. The van der Waals surface area contributed by atoms with Gasteiger partial charge in [-0.2, -0.15) is 0 Å². The lowest BCUT2D eigenvalue weighted by atomic mass is 10.1. The van der Waals surface area contributed by atoms with E-state index in [9.17, 15) is 9.59 Å². The summed E-state index contributed by atoms with van der Waals surface area (Å²) < 4.78 is 23.1. The Balaban J connectivity index is 1.35. The molecule has 7 heteroatoms. The van der Waals surface area contributed by atoms with E-state index in [0.717, 1.165) is 22.7 Å². The Labute approximate surface area is 173 Å². The van der Waals surface area contributed by atoms with Crippen LogP contribution in [0.1, 0.15) is 33.1 Å². The largest absolute Gasteiger partial charge is 0.467 e. The number of hydrogen-bond donors (Lipinski definition) is 0. The number of ketones is 1. The third-order valence-corrected chi connectivity index (χ3v) is 4.92. The molecule has 7 nitrogen and oxygen atoms in total. The van der Waals surface area contributed by atoms with E-state index in [1.54, 1.807) is 36.6 Å². The van der Waals surface area contributed by atoms with E-state index in [2.05, 4.69) is 0 Å². The summed E-state index contributed by atoms with van der Waals surface area (Å²) in [4.78, 5) is 24.6. The van der Waals surface area contributed by atoms with Crippen LogP contribution in [0.25, 0.3) is 6.08 Å². The van der Waals surface area contributed by atoms with Crippen molar-refractivity contribution in [2.24, 2.45) is 0 Å². The number of hydrogen-bond acceptors (Lipinski definition) is 6. The highest BCUT2D eigenvalue weighted by atomic mass is 16.7. The predicted molar refractivity (Wildman–Crippen MR) is 109 cm³/mol. The fraction of sp³-hybridized carbons (Fsp3) is 0.217. The summed E-state index contributed by atoms with van der Waals surface area (Å²) in [6.07, 6.45) is 4.50. The molecule has 0 spiro atoms. The van der Waals surface area contributed by atoms with Gasteiger partial charge in [-0.3, -0.25) is 4.79 Å². The van der Waals surface area contributed by atoms with Crippen LogP contribution in [-0.4, -0.2) is 29.7 Å². The van der Waals surface area contributed by atoms with E-state index >= 15 is 0 Å². The topological polar surface area (TPSA) is 79.9 Å². The fourth-order valence-electron chi connectivity index (χ4n) is 3.33. The molecule has 1 aliphatic heterocycles. The molecule has 0 atom stereocenters. The number of fused-ring (bicyclic) bond motifs is 1. The predicted octanol–water partition coefficient (Wildman–Crippen LogP) is 3.91. The molecule has 2 aromatic heterocycles. The fourth-order valence-corrected chi connectivity index (χ4v) is 3.33. The van der Waals surface area contributed by atoms with Crippen molar-refractivity contribution in [3.8, 4) is 11.5 Å². The Morgan fingerprint density at radius 2 is 1.97 bits per heavy atom. The van der Waals surface area contributed by atoms with Gasteiger partial charge < -0.3 is 23.2 Å². The number of esters is 1. The van der Waals surface area contributed by atoms with E-state index in [4.69, 9.17) is 18.6 Å². The molecule has 4 rings (SSSR count). The number of carbonyl (C=O) groups excluding carboxylic acids is 2. The van der Waals surface area contributed by atoms with Crippen molar-refractivity contribution in [3.05, 3.63) is 77.0 Å². The van der Waals surface area contributed by atoms with Crippen LogP contribution in [0.3, 0.4) is 0 Å². The lowest BCUT2D eigenvalue weighted by molar-refractivity contribution is -0.136. The van der Waals surface area contributed by atoms with Crippen molar-refractivity contribution < 1.29 is 28.2 Å². The van der Waals surface area contributed by atoms with Crippen LogP contribution in [0.5, 0.6) is 11.5 Å². The van der Waals surface area contributed by atoms with Gasteiger partial charge in [-0.05, 0) is 55.8 Å². The molecule has 1 aromatic carbocycles. The molecule has 154 valence electrons. The molecule has 0 amide bonds.